The van der Waals surface area contributed by atoms with Gasteiger partial charge in [-0.1, -0.05) is 13.0 Å². The van der Waals surface area contributed by atoms with Gasteiger partial charge in [0.1, 0.15) is 0 Å². The minimum atomic E-state index is -0.132. The molecule has 0 radical (unpaired) electrons. The van der Waals surface area contributed by atoms with Crippen LogP contribution in [0.5, 0.6) is 0 Å². The first-order chi connectivity index (χ1) is 5.99. The van der Waals surface area contributed by atoms with Crippen molar-refractivity contribution in [2.75, 3.05) is 0 Å². The lowest BCUT2D eigenvalue weighted by molar-refractivity contribution is -0.125. The van der Waals surface area contributed by atoms with E-state index in [1.165, 1.54) is 0 Å². The van der Waals surface area contributed by atoms with E-state index >= 15 is 0 Å². The Labute approximate surface area is 80.4 Å². The van der Waals surface area contributed by atoms with Gasteiger partial charge in [-0.25, -0.2) is 0 Å². The van der Waals surface area contributed by atoms with Crippen LogP contribution in [0.25, 0.3) is 0 Å². The number of hydrogen-bond acceptors (Lipinski definition) is 2. The van der Waals surface area contributed by atoms with Crippen molar-refractivity contribution < 1.29 is 4.79 Å². The zero-order valence-electron chi connectivity index (χ0n) is 8.71. The lowest BCUT2D eigenvalue weighted by atomic mass is 10.0. The van der Waals surface area contributed by atoms with Gasteiger partial charge in [0, 0.05) is 18.0 Å². The summed E-state index contributed by atoms with van der Waals surface area (Å²) in [6.07, 6.45) is 2.58. The Morgan fingerprint density at radius 2 is 2.08 bits per heavy atom. The standard InChI is InChI=1S/C10H20N2O/c1-5-6-7(2)12-10(13)8(3)9(4)11/h5,7-9H,1,6,11H2,2-4H3,(H,12,13). The number of nitrogens with two attached hydrogens (primary N) is 1. The summed E-state index contributed by atoms with van der Waals surface area (Å²) in [7, 11) is 0. The van der Waals surface area contributed by atoms with E-state index in [1.54, 1.807) is 6.08 Å². The molecule has 3 N–H and O–H groups in total. The van der Waals surface area contributed by atoms with Crippen LogP contribution in [0.3, 0.4) is 0 Å². The summed E-state index contributed by atoms with van der Waals surface area (Å²) in [4.78, 5) is 11.4. The summed E-state index contributed by atoms with van der Waals surface area (Å²) in [5.74, 6) is -0.114. The first-order valence-electron chi connectivity index (χ1n) is 4.65. The largest absolute Gasteiger partial charge is 0.353 e. The van der Waals surface area contributed by atoms with E-state index < -0.39 is 0 Å². The maximum Gasteiger partial charge on any atom is 0.224 e. The molecule has 1 amide bonds. The second-order valence-electron chi connectivity index (χ2n) is 3.58. The monoisotopic (exact) mass is 184 g/mol. The highest BCUT2D eigenvalue weighted by Crippen LogP contribution is 2.01. The summed E-state index contributed by atoms with van der Waals surface area (Å²) in [6, 6.07) is 0.0436. The van der Waals surface area contributed by atoms with Gasteiger partial charge in [0.2, 0.25) is 5.91 Å². The molecule has 3 unspecified atom stereocenters. The first-order valence-corrected chi connectivity index (χ1v) is 4.65. The summed E-state index contributed by atoms with van der Waals surface area (Å²) < 4.78 is 0. The SMILES string of the molecule is C=CCC(C)NC(=O)C(C)C(C)N. The Hall–Kier alpha value is -0.830. The van der Waals surface area contributed by atoms with E-state index in [0.717, 1.165) is 6.42 Å². The maximum absolute atomic E-state index is 11.4. The molecule has 3 heteroatoms. The van der Waals surface area contributed by atoms with Gasteiger partial charge in [-0.2, -0.15) is 0 Å². The average molecular weight is 184 g/mol. The van der Waals surface area contributed by atoms with Crippen LogP contribution >= 0.6 is 0 Å². The van der Waals surface area contributed by atoms with Crippen LogP contribution in [-0.2, 0) is 4.79 Å². The molecular formula is C10H20N2O. The van der Waals surface area contributed by atoms with E-state index in [4.69, 9.17) is 5.73 Å². The second-order valence-corrected chi connectivity index (χ2v) is 3.58. The lowest BCUT2D eigenvalue weighted by Gasteiger charge is -2.18. The van der Waals surface area contributed by atoms with Crippen molar-refractivity contribution in [1.82, 2.24) is 5.32 Å². The van der Waals surface area contributed by atoms with Gasteiger partial charge < -0.3 is 11.1 Å². The van der Waals surface area contributed by atoms with Gasteiger partial charge in [0.15, 0.2) is 0 Å². The molecule has 0 aromatic rings. The second kappa shape index (κ2) is 5.75. The molecule has 0 aromatic heterocycles. The zero-order valence-corrected chi connectivity index (χ0v) is 8.71. The fraction of sp³-hybridized carbons (Fsp3) is 0.700. The van der Waals surface area contributed by atoms with Crippen molar-refractivity contribution in [3.63, 3.8) is 0 Å². The molecule has 0 aliphatic carbocycles. The Morgan fingerprint density at radius 3 is 2.46 bits per heavy atom. The molecule has 0 bridgehead atoms. The number of rotatable bonds is 5. The Bertz CT molecular complexity index is 178. The molecule has 0 heterocycles. The third-order valence-corrected chi connectivity index (χ3v) is 2.11. The number of hydrogen-bond donors (Lipinski definition) is 2. The van der Waals surface area contributed by atoms with Crippen molar-refractivity contribution in [2.24, 2.45) is 11.7 Å². The van der Waals surface area contributed by atoms with Crippen LogP contribution in [0.1, 0.15) is 27.2 Å². The molecule has 0 aromatic carbocycles. The minimum absolute atomic E-state index is 0.0179. The molecule has 3 nitrogen and oxygen atoms in total. The Kier molecular flexibility index (Phi) is 5.39. The van der Waals surface area contributed by atoms with Gasteiger partial charge in [0.25, 0.3) is 0 Å². The van der Waals surface area contributed by atoms with Crippen molar-refractivity contribution in [1.29, 1.82) is 0 Å². The van der Waals surface area contributed by atoms with Gasteiger partial charge in [-0.15, -0.1) is 6.58 Å². The van der Waals surface area contributed by atoms with E-state index in [1.807, 2.05) is 20.8 Å². The van der Waals surface area contributed by atoms with Gasteiger partial charge in [-0.3, -0.25) is 4.79 Å². The van der Waals surface area contributed by atoms with Crippen LogP contribution in [0, 0.1) is 5.92 Å². The van der Waals surface area contributed by atoms with Gasteiger partial charge >= 0.3 is 0 Å². The fourth-order valence-corrected chi connectivity index (χ4v) is 0.922. The van der Waals surface area contributed by atoms with Crippen molar-refractivity contribution in [3.05, 3.63) is 12.7 Å². The summed E-state index contributed by atoms with van der Waals surface area (Å²) in [5, 5.41) is 2.87. The highest BCUT2D eigenvalue weighted by atomic mass is 16.1. The van der Waals surface area contributed by atoms with E-state index in [9.17, 15) is 4.79 Å². The molecule has 3 atom stereocenters. The topological polar surface area (TPSA) is 55.1 Å². The van der Waals surface area contributed by atoms with Crippen LogP contribution < -0.4 is 11.1 Å². The predicted molar refractivity (Wildman–Crippen MR) is 55.2 cm³/mol. The number of amides is 1. The summed E-state index contributed by atoms with van der Waals surface area (Å²) in [5.41, 5.74) is 5.61. The summed E-state index contributed by atoms with van der Waals surface area (Å²) in [6.45, 7) is 9.23. The molecule has 0 aliphatic rings. The van der Waals surface area contributed by atoms with Gasteiger partial charge in [0.05, 0.1) is 0 Å². The average Bonchev–Trinajstić information content (AvgIpc) is 2.03. The molecule has 0 aliphatic heterocycles. The molecule has 0 fully saturated rings. The molecular weight excluding hydrogens is 164 g/mol. The number of carbonyl (C=O) groups is 1. The lowest BCUT2D eigenvalue weighted by Crippen LogP contribution is -2.42. The Balaban J connectivity index is 3.92. The number of carbonyl (C=O) groups excluding carboxylic acids is 1. The maximum atomic E-state index is 11.4. The van der Waals surface area contributed by atoms with E-state index in [2.05, 4.69) is 11.9 Å². The zero-order chi connectivity index (χ0) is 10.4. The highest BCUT2D eigenvalue weighted by molar-refractivity contribution is 5.79. The van der Waals surface area contributed by atoms with Crippen molar-refractivity contribution in [3.8, 4) is 0 Å². The molecule has 0 rings (SSSR count). The van der Waals surface area contributed by atoms with Crippen molar-refractivity contribution in [2.45, 2.75) is 39.3 Å². The van der Waals surface area contributed by atoms with Crippen LogP contribution in [-0.4, -0.2) is 18.0 Å². The smallest absolute Gasteiger partial charge is 0.224 e. The normalized spacial score (nSPS) is 17.2. The molecule has 76 valence electrons. The number of nitrogens with one attached hydrogen (secondary N) is 1. The summed E-state index contributed by atoms with van der Waals surface area (Å²) >= 11 is 0. The first kappa shape index (κ1) is 12.2. The third kappa shape index (κ3) is 4.68. The fourth-order valence-electron chi connectivity index (χ4n) is 0.922. The molecule has 13 heavy (non-hydrogen) atoms. The third-order valence-electron chi connectivity index (χ3n) is 2.11. The van der Waals surface area contributed by atoms with Crippen LogP contribution in [0.15, 0.2) is 12.7 Å². The Morgan fingerprint density at radius 1 is 1.54 bits per heavy atom. The predicted octanol–water partition coefficient (Wildman–Crippen LogP) is 1.05. The molecule has 0 saturated heterocycles. The molecule has 0 spiro atoms. The minimum Gasteiger partial charge on any atom is -0.353 e. The van der Waals surface area contributed by atoms with Crippen LogP contribution in [0.4, 0.5) is 0 Å². The highest BCUT2D eigenvalue weighted by Gasteiger charge is 2.17. The quantitative estimate of drug-likeness (QED) is 0.627. The van der Waals surface area contributed by atoms with Crippen LogP contribution in [0.2, 0.25) is 0 Å². The van der Waals surface area contributed by atoms with E-state index in [0.29, 0.717) is 0 Å². The van der Waals surface area contributed by atoms with Crippen molar-refractivity contribution >= 4 is 5.91 Å². The van der Waals surface area contributed by atoms with Gasteiger partial charge in [-0.05, 0) is 20.3 Å². The molecule has 0 saturated carbocycles. The van der Waals surface area contributed by atoms with E-state index in [-0.39, 0.29) is 23.9 Å².